The zero-order valence-corrected chi connectivity index (χ0v) is 64.8. The van der Waals surface area contributed by atoms with Crippen molar-refractivity contribution in [2.24, 2.45) is 0 Å². The summed E-state index contributed by atoms with van der Waals surface area (Å²) in [5.74, 6) is -1.63. The van der Waals surface area contributed by atoms with Crippen molar-refractivity contribution in [3.63, 3.8) is 0 Å². The molecule has 0 aliphatic rings. The summed E-state index contributed by atoms with van der Waals surface area (Å²) >= 11 is 0. The number of carbonyl (C=O) groups excluding carboxylic acids is 3. The van der Waals surface area contributed by atoms with Gasteiger partial charge < -0.3 is 34.2 Å². The Morgan fingerprint density at radius 1 is 0.287 bits per heavy atom. The number of phosphoric acid groups is 2. The third-order valence-corrected chi connectivity index (χ3v) is 17.9. The molecular weight excluding hydrogens is 1310 g/mol. The summed E-state index contributed by atoms with van der Waals surface area (Å²) in [6.07, 6.45) is 91.7. The standard InChI is InChI=1S/C83H140O16P2/c1-4-7-10-13-16-19-22-25-28-30-32-34-36-37-38-39-41-43-44-46-49-51-54-57-60-63-66-69-81(86)93-72-78(84)73-95-100(89,90)96-74-79(85)75-97-101(91,92)98-77-80(99-83(88)71-68-65-62-59-56-53-48-27-24-21-18-15-12-9-6-3)76-94-82(87)70-67-64-61-58-55-52-50-47-45-42-40-35-33-31-29-26-23-20-17-14-11-8-5-2/h8,11,16-21,25-29,32-35,37-38,42,45,48,50,52,78-80,84-85H,4-7,9-10,12-15,22-24,30-31,36,39-41,43-44,46-47,49,51,53-77H2,1-3H3,(H,89,90)(H,91,92)/b11-8-,19-16-,20-17-,21-18-,28-25-,29-26-,34-32-,35-33-,38-37-,45-42-,48-27-,52-50-. The van der Waals surface area contributed by atoms with Crippen molar-refractivity contribution in [3.8, 4) is 0 Å². The van der Waals surface area contributed by atoms with E-state index in [1.807, 2.05) is 0 Å². The topological polar surface area (TPSA) is 231 Å². The fraction of sp³-hybridized carbons (Fsp3) is 0.675. The number of hydrogen-bond donors (Lipinski definition) is 4. The summed E-state index contributed by atoms with van der Waals surface area (Å²) in [5, 5.41) is 20.6. The molecule has 5 atom stereocenters. The number of allylic oxidation sites excluding steroid dienone is 24. The first-order valence-electron chi connectivity index (χ1n) is 39.1. The lowest BCUT2D eigenvalue weighted by molar-refractivity contribution is -0.161. The summed E-state index contributed by atoms with van der Waals surface area (Å²) in [5.41, 5.74) is 0. The molecule has 101 heavy (non-hydrogen) atoms. The predicted molar refractivity (Wildman–Crippen MR) is 417 cm³/mol. The maximum atomic E-state index is 13.0. The Morgan fingerprint density at radius 3 is 0.832 bits per heavy atom. The van der Waals surface area contributed by atoms with E-state index in [1.54, 1.807) is 0 Å². The van der Waals surface area contributed by atoms with E-state index in [9.17, 15) is 43.5 Å². The number of aliphatic hydroxyl groups is 2. The molecule has 0 aromatic carbocycles. The highest BCUT2D eigenvalue weighted by Gasteiger charge is 2.29. The molecule has 16 nitrogen and oxygen atoms in total. The van der Waals surface area contributed by atoms with Crippen LogP contribution >= 0.6 is 15.6 Å². The molecule has 0 bridgehead atoms. The van der Waals surface area contributed by atoms with Crippen LogP contribution in [0.2, 0.25) is 0 Å². The van der Waals surface area contributed by atoms with Gasteiger partial charge in [-0.25, -0.2) is 9.13 Å². The number of unbranched alkanes of at least 4 members (excludes halogenated alkanes) is 26. The van der Waals surface area contributed by atoms with E-state index in [4.69, 9.17) is 32.3 Å². The number of aliphatic hydroxyl groups excluding tert-OH is 2. The van der Waals surface area contributed by atoms with Crippen LogP contribution in [0, 0.1) is 0 Å². The first-order valence-corrected chi connectivity index (χ1v) is 42.1. The first-order chi connectivity index (χ1) is 49.2. The highest BCUT2D eigenvalue weighted by molar-refractivity contribution is 7.47. The molecule has 0 heterocycles. The molecule has 0 saturated heterocycles. The Balaban J connectivity index is 4.62. The van der Waals surface area contributed by atoms with Crippen molar-refractivity contribution < 1.29 is 75.8 Å². The van der Waals surface area contributed by atoms with Crippen molar-refractivity contribution in [2.45, 2.75) is 322 Å². The SMILES string of the molecule is CC/C=C\C/C=C\C/C=C\C/C=C\C/C=C\C/C=C\CCCCCCC(=O)OCC(COP(=O)(O)OCC(O)COP(=O)(O)OCC(O)COC(=O)CCCCCCCCCCCCC/C=C\C/C=C\C/C=C\C/C=C\CCCCC)OC(=O)CCCCCCC/C=C\C/C=C\CCCCC. The van der Waals surface area contributed by atoms with Gasteiger partial charge in [0.25, 0.3) is 0 Å². The van der Waals surface area contributed by atoms with Gasteiger partial charge in [-0.05, 0) is 148 Å². The van der Waals surface area contributed by atoms with E-state index in [1.165, 1.54) is 89.9 Å². The molecule has 18 heteroatoms. The second-order valence-electron chi connectivity index (χ2n) is 25.8. The molecule has 0 saturated carbocycles. The maximum absolute atomic E-state index is 13.0. The van der Waals surface area contributed by atoms with Crippen LogP contribution in [0.3, 0.4) is 0 Å². The highest BCUT2D eigenvalue weighted by Crippen LogP contribution is 2.45. The molecule has 0 spiro atoms. The summed E-state index contributed by atoms with van der Waals surface area (Å²) in [6, 6.07) is 0. The molecule has 5 unspecified atom stereocenters. The van der Waals surface area contributed by atoms with Gasteiger partial charge in [0.05, 0.1) is 26.4 Å². The van der Waals surface area contributed by atoms with Gasteiger partial charge in [-0.3, -0.25) is 32.5 Å². The molecule has 0 aliphatic carbocycles. The van der Waals surface area contributed by atoms with Crippen molar-refractivity contribution in [1.82, 2.24) is 0 Å². The highest BCUT2D eigenvalue weighted by atomic mass is 31.2. The average Bonchev–Trinajstić information content (AvgIpc) is 0.944. The minimum atomic E-state index is -4.94. The number of phosphoric ester groups is 2. The van der Waals surface area contributed by atoms with Gasteiger partial charge in [0.1, 0.15) is 25.4 Å². The van der Waals surface area contributed by atoms with Crippen LogP contribution in [-0.4, -0.2) is 95.9 Å². The van der Waals surface area contributed by atoms with E-state index in [0.717, 1.165) is 154 Å². The fourth-order valence-electron chi connectivity index (χ4n) is 10.1. The molecule has 0 radical (unpaired) electrons. The van der Waals surface area contributed by atoms with Gasteiger partial charge in [0, 0.05) is 19.3 Å². The lowest BCUT2D eigenvalue weighted by Gasteiger charge is -2.21. The fourth-order valence-corrected chi connectivity index (χ4v) is 11.6. The molecule has 0 amide bonds. The Bertz CT molecular complexity index is 2420. The summed E-state index contributed by atoms with van der Waals surface area (Å²) in [7, 11) is -9.81. The number of esters is 3. The largest absolute Gasteiger partial charge is 0.472 e. The van der Waals surface area contributed by atoms with Crippen molar-refractivity contribution in [1.29, 1.82) is 0 Å². The predicted octanol–water partition coefficient (Wildman–Crippen LogP) is 22.9. The van der Waals surface area contributed by atoms with E-state index in [-0.39, 0.29) is 19.3 Å². The number of rotatable bonds is 73. The van der Waals surface area contributed by atoms with Gasteiger partial charge in [-0.15, -0.1) is 0 Å². The number of carbonyl (C=O) groups is 3. The van der Waals surface area contributed by atoms with Gasteiger partial charge in [0.15, 0.2) is 6.10 Å². The molecule has 0 rings (SSSR count). The molecule has 0 fully saturated rings. The maximum Gasteiger partial charge on any atom is 0.472 e. The monoisotopic (exact) mass is 1450 g/mol. The van der Waals surface area contributed by atoms with E-state index < -0.39 is 91.5 Å². The smallest absolute Gasteiger partial charge is 0.463 e. The third kappa shape index (κ3) is 76.4. The van der Waals surface area contributed by atoms with Gasteiger partial charge in [-0.1, -0.05) is 282 Å². The van der Waals surface area contributed by atoms with Gasteiger partial charge >= 0.3 is 33.6 Å². The van der Waals surface area contributed by atoms with Crippen LogP contribution < -0.4 is 0 Å². The van der Waals surface area contributed by atoms with Crippen LogP contribution in [0.25, 0.3) is 0 Å². The van der Waals surface area contributed by atoms with Gasteiger partial charge in [0.2, 0.25) is 0 Å². The normalized spacial score (nSPS) is 14.8. The lowest BCUT2D eigenvalue weighted by Crippen LogP contribution is -2.30. The molecule has 0 aromatic heterocycles. The van der Waals surface area contributed by atoms with E-state index in [2.05, 4.69) is 167 Å². The van der Waals surface area contributed by atoms with Crippen LogP contribution in [0.1, 0.15) is 303 Å². The molecular formula is C83H140O16P2. The molecule has 0 aliphatic heterocycles. The Hall–Kier alpha value is -4.57. The van der Waals surface area contributed by atoms with Gasteiger partial charge in [-0.2, -0.15) is 0 Å². The quantitative estimate of drug-likeness (QED) is 0.0146. The zero-order valence-electron chi connectivity index (χ0n) is 63.0. The zero-order chi connectivity index (χ0) is 73.7. The second-order valence-corrected chi connectivity index (χ2v) is 28.7. The van der Waals surface area contributed by atoms with E-state index >= 15 is 0 Å². The Kier molecular flexibility index (Phi) is 71.7. The summed E-state index contributed by atoms with van der Waals surface area (Å²) in [6.45, 7) is 2.46. The minimum absolute atomic E-state index is 0.0781. The summed E-state index contributed by atoms with van der Waals surface area (Å²) < 4.78 is 61.1. The summed E-state index contributed by atoms with van der Waals surface area (Å²) in [4.78, 5) is 58.6. The van der Waals surface area contributed by atoms with Crippen molar-refractivity contribution in [2.75, 3.05) is 39.6 Å². The van der Waals surface area contributed by atoms with Crippen LogP contribution in [0.4, 0.5) is 0 Å². The Morgan fingerprint density at radius 2 is 0.525 bits per heavy atom. The third-order valence-electron chi connectivity index (χ3n) is 16.0. The van der Waals surface area contributed by atoms with Crippen LogP contribution in [0.15, 0.2) is 146 Å². The first kappa shape index (κ1) is 96.4. The van der Waals surface area contributed by atoms with E-state index in [0.29, 0.717) is 19.3 Å². The number of ether oxygens (including phenoxy) is 3. The van der Waals surface area contributed by atoms with Crippen LogP contribution in [0.5, 0.6) is 0 Å². The molecule has 578 valence electrons. The van der Waals surface area contributed by atoms with Crippen molar-refractivity contribution in [3.05, 3.63) is 146 Å². The van der Waals surface area contributed by atoms with Crippen molar-refractivity contribution >= 4 is 33.6 Å². The molecule has 0 aromatic rings. The van der Waals surface area contributed by atoms with Crippen LogP contribution in [-0.2, 0) is 55.8 Å². The number of hydrogen-bond acceptors (Lipinski definition) is 14. The lowest BCUT2D eigenvalue weighted by atomic mass is 10.0. The second kappa shape index (κ2) is 75.1. The Labute approximate surface area is 613 Å². The molecule has 4 N–H and O–H groups in total. The average molecular weight is 1460 g/mol. The minimum Gasteiger partial charge on any atom is -0.463 e.